The second-order valence-electron chi connectivity index (χ2n) is 7.51. The molecule has 1 aromatic heterocycles. The number of hydrogen-bond donors (Lipinski definition) is 0. The van der Waals surface area contributed by atoms with E-state index < -0.39 is 0 Å². The maximum absolute atomic E-state index is 13.1. The minimum Gasteiger partial charge on any atom is -0.376 e. The lowest BCUT2D eigenvalue weighted by molar-refractivity contribution is 0.0416. The summed E-state index contributed by atoms with van der Waals surface area (Å²) in [5.74, 6) is 0.0611. The van der Waals surface area contributed by atoms with Crippen molar-refractivity contribution < 1.29 is 9.53 Å². The molecule has 1 amide bonds. The van der Waals surface area contributed by atoms with Crippen molar-refractivity contribution in [1.29, 1.82) is 0 Å². The number of halogens is 1. The summed E-state index contributed by atoms with van der Waals surface area (Å²) in [6, 6.07) is 9.76. The van der Waals surface area contributed by atoms with Crippen molar-refractivity contribution in [2.45, 2.75) is 51.2 Å². The van der Waals surface area contributed by atoms with Gasteiger partial charge in [0.25, 0.3) is 5.91 Å². The molecule has 0 bridgehead atoms. The summed E-state index contributed by atoms with van der Waals surface area (Å²) in [6.45, 7) is 4.40. The van der Waals surface area contributed by atoms with Crippen LogP contribution in [-0.2, 0) is 4.74 Å². The molecule has 2 unspecified atom stereocenters. The fraction of sp³-hybridized carbons (Fsp3) is 0.524. The lowest BCUT2D eigenvalue weighted by Crippen LogP contribution is -2.46. The van der Waals surface area contributed by atoms with Crippen molar-refractivity contribution >= 4 is 17.5 Å². The number of carbonyl (C=O) groups is 1. The van der Waals surface area contributed by atoms with Crippen molar-refractivity contribution in [2.24, 2.45) is 0 Å². The minimum absolute atomic E-state index is 0.0611. The molecule has 0 aliphatic carbocycles. The second-order valence-corrected chi connectivity index (χ2v) is 7.94. The predicted octanol–water partition coefficient (Wildman–Crippen LogP) is 4.57. The number of aromatic nitrogens is 2. The van der Waals surface area contributed by atoms with Gasteiger partial charge < -0.3 is 9.64 Å². The average Bonchev–Trinajstić information content (AvgIpc) is 3.34. The van der Waals surface area contributed by atoms with Crippen LogP contribution in [0.2, 0.25) is 5.02 Å². The molecule has 0 spiro atoms. The topological polar surface area (TPSA) is 47.4 Å². The Hall–Kier alpha value is -1.85. The maximum Gasteiger partial charge on any atom is 0.272 e. The van der Waals surface area contributed by atoms with Crippen molar-refractivity contribution in [3.63, 3.8) is 0 Å². The molecule has 2 atom stereocenters. The predicted molar refractivity (Wildman–Crippen MR) is 106 cm³/mol. The SMILES string of the molecule is CCCCC1CN(CC2CCCO2)C(=O)c2cc(-c3ccc(Cl)cc3)nn21. The first-order chi connectivity index (χ1) is 13.2. The van der Waals surface area contributed by atoms with E-state index in [2.05, 4.69) is 6.92 Å². The molecule has 1 fully saturated rings. The molecular formula is C21H26ClN3O2. The molecule has 5 nitrogen and oxygen atoms in total. The van der Waals surface area contributed by atoms with Gasteiger partial charge in [0.2, 0.25) is 0 Å². The number of rotatable bonds is 6. The highest BCUT2D eigenvalue weighted by Crippen LogP contribution is 2.30. The second kappa shape index (κ2) is 8.03. The van der Waals surface area contributed by atoms with E-state index in [0.29, 0.717) is 23.8 Å². The number of ether oxygens (including phenoxy) is 1. The zero-order valence-electron chi connectivity index (χ0n) is 15.7. The third-order valence-corrected chi connectivity index (χ3v) is 5.75. The Labute approximate surface area is 165 Å². The van der Waals surface area contributed by atoms with Crippen LogP contribution < -0.4 is 0 Å². The fourth-order valence-electron chi connectivity index (χ4n) is 4.02. The number of fused-ring (bicyclic) bond motifs is 1. The fourth-order valence-corrected chi connectivity index (χ4v) is 4.14. The van der Waals surface area contributed by atoms with Crippen LogP contribution in [0.25, 0.3) is 11.3 Å². The summed E-state index contributed by atoms with van der Waals surface area (Å²) in [5.41, 5.74) is 2.50. The Bertz CT molecular complexity index is 796. The van der Waals surface area contributed by atoms with E-state index in [1.54, 1.807) is 0 Å². The molecule has 144 valence electrons. The van der Waals surface area contributed by atoms with Crippen molar-refractivity contribution in [2.75, 3.05) is 19.7 Å². The third-order valence-electron chi connectivity index (χ3n) is 5.50. The largest absolute Gasteiger partial charge is 0.376 e. The van der Waals surface area contributed by atoms with Gasteiger partial charge in [-0.25, -0.2) is 0 Å². The normalized spacial score (nSPS) is 22.3. The van der Waals surface area contributed by atoms with Gasteiger partial charge in [0, 0.05) is 30.3 Å². The smallest absolute Gasteiger partial charge is 0.272 e. The molecule has 4 rings (SSSR count). The van der Waals surface area contributed by atoms with E-state index in [1.807, 2.05) is 39.9 Å². The van der Waals surface area contributed by atoms with Crippen LogP contribution in [0, 0.1) is 0 Å². The summed E-state index contributed by atoms with van der Waals surface area (Å²) >= 11 is 6.01. The molecule has 2 aliphatic rings. The van der Waals surface area contributed by atoms with Gasteiger partial charge in [0.05, 0.1) is 17.8 Å². The molecule has 0 N–H and O–H groups in total. The zero-order valence-corrected chi connectivity index (χ0v) is 16.5. The van der Waals surface area contributed by atoms with Gasteiger partial charge in [-0.1, -0.05) is 43.5 Å². The van der Waals surface area contributed by atoms with E-state index >= 15 is 0 Å². The van der Waals surface area contributed by atoms with E-state index in [-0.39, 0.29) is 18.1 Å². The van der Waals surface area contributed by atoms with Gasteiger partial charge in [-0.3, -0.25) is 9.48 Å². The van der Waals surface area contributed by atoms with E-state index in [0.717, 1.165) is 50.0 Å². The van der Waals surface area contributed by atoms with Crippen molar-refractivity contribution in [3.05, 3.63) is 41.0 Å². The first-order valence-corrected chi connectivity index (χ1v) is 10.3. The zero-order chi connectivity index (χ0) is 18.8. The minimum atomic E-state index is 0.0611. The van der Waals surface area contributed by atoms with Crippen molar-refractivity contribution in [3.8, 4) is 11.3 Å². The summed E-state index contributed by atoms with van der Waals surface area (Å²) in [5, 5.41) is 5.49. The van der Waals surface area contributed by atoms with Crippen LogP contribution >= 0.6 is 11.6 Å². The standard InChI is InChI=1S/C21H26ClN3O2/c1-2-3-5-17-13-24(14-18-6-4-11-27-18)21(26)20-12-19(23-25(17)20)15-7-9-16(22)10-8-15/h7-10,12,17-18H,2-6,11,13-14H2,1H3. The Morgan fingerprint density at radius 2 is 2.11 bits per heavy atom. The maximum atomic E-state index is 13.1. The lowest BCUT2D eigenvalue weighted by atomic mass is 10.1. The number of benzene rings is 1. The Morgan fingerprint density at radius 1 is 1.30 bits per heavy atom. The van der Waals surface area contributed by atoms with Gasteiger partial charge in [-0.2, -0.15) is 5.10 Å². The number of hydrogen-bond acceptors (Lipinski definition) is 3. The number of carbonyl (C=O) groups excluding carboxylic acids is 1. The van der Waals surface area contributed by atoms with Crippen LogP contribution in [0.1, 0.15) is 55.6 Å². The van der Waals surface area contributed by atoms with Crippen LogP contribution in [0.5, 0.6) is 0 Å². The molecule has 27 heavy (non-hydrogen) atoms. The summed E-state index contributed by atoms with van der Waals surface area (Å²) in [4.78, 5) is 15.1. The monoisotopic (exact) mass is 387 g/mol. The van der Waals surface area contributed by atoms with Gasteiger partial charge in [0.1, 0.15) is 5.69 Å². The van der Waals surface area contributed by atoms with E-state index in [4.69, 9.17) is 21.4 Å². The highest BCUT2D eigenvalue weighted by Gasteiger charge is 2.34. The Morgan fingerprint density at radius 3 is 2.81 bits per heavy atom. The lowest BCUT2D eigenvalue weighted by Gasteiger charge is -2.34. The molecule has 1 aromatic carbocycles. The Balaban J connectivity index is 1.63. The van der Waals surface area contributed by atoms with Crippen LogP contribution in [0.15, 0.2) is 30.3 Å². The van der Waals surface area contributed by atoms with Crippen LogP contribution in [0.3, 0.4) is 0 Å². The first kappa shape index (κ1) is 18.5. The molecule has 0 radical (unpaired) electrons. The molecular weight excluding hydrogens is 362 g/mol. The summed E-state index contributed by atoms with van der Waals surface area (Å²) in [7, 11) is 0. The summed E-state index contributed by atoms with van der Waals surface area (Å²) < 4.78 is 7.72. The molecule has 2 aliphatic heterocycles. The van der Waals surface area contributed by atoms with Gasteiger partial charge >= 0.3 is 0 Å². The van der Waals surface area contributed by atoms with E-state index in [1.165, 1.54) is 0 Å². The van der Waals surface area contributed by atoms with E-state index in [9.17, 15) is 4.79 Å². The molecule has 1 saturated heterocycles. The van der Waals surface area contributed by atoms with Gasteiger partial charge in [-0.05, 0) is 37.5 Å². The molecule has 0 saturated carbocycles. The molecule has 6 heteroatoms. The molecule has 2 aromatic rings. The van der Waals surface area contributed by atoms with Crippen molar-refractivity contribution in [1.82, 2.24) is 14.7 Å². The number of amides is 1. The average molecular weight is 388 g/mol. The highest BCUT2D eigenvalue weighted by atomic mass is 35.5. The Kier molecular flexibility index (Phi) is 5.50. The van der Waals surface area contributed by atoms with Crippen LogP contribution in [-0.4, -0.2) is 46.4 Å². The first-order valence-electron chi connectivity index (χ1n) is 9.92. The highest BCUT2D eigenvalue weighted by molar-refractivity contribution is 6.30. The quantitative estimate of drug-likeness (QED) is 0.729. The summed E-state index contributed by atoms with van der Waals surface area (Å²) in [6.07, 6.45) is 5.59. The number of unbranched alkanes of at least 4 members (excludes halogenated alkanes) is 1. The van der Waals surface area contributed by atoms with Gasteiger partial charge in [0.15, 0.2) is 0 Å². The number of nitrogens with zero attached hydrogens (tertiary/aromatic N) is 3. The third kappa shape index (κ3) is 3.90. The van der Waals surface area contributed by atoms with Crippen LogP contribution in [0.4, 0.5) is 0 Å². The molecule has 3 heterocycles. The van der Waals surface area contributed by atoms with Gasteiger partial charge in [-0.15, -0.1) is 0 Å².